The molecule has 0 spiro atoms. The van der Waals surface area contributed by atoms with E-state index >= 15 is 0 Å². The van der Waals surface area contributed by atoms with Crippen molar-refractivity contribution in [3.05, 3.63) is 53.6 Å². The molecule has 0 aromatic heterocycles. The smallest absolute Gasteiger partial charge is 0.315 e. The monoisotopic (exact) mass is 394 g/mol. The van der Waals surface area contributed by atoms with Gasteiger partial charge in [0.1, 0.15) is 18.0 Å². The summed E-state index contributed by atoms with van der Waals surface area (Å²) in [5, 5.41) is 5.48. The summed E-state index contributed by atoms with van der Waals surface area (Å²) < 4.78 is 16.8. The summed E-state index contributed by atoms with van der Waals surface area (Å²) in [5.74, 6) is 8.07. The number of benzene rings is 2. The average molecular weight is 394 g/mol. The number of rotatable bonds is 6. The van der Waals surface area contributed by atoms with Gasteiger partial charge in [-0.25, -0.2) is 4.79 Å². The summed E-state index contributed by atoms with van der Waals surface area (Å²) in [6.45, 7) is 5.02. The zero-order valence-electron chi connectivity index (χ0n) is 17.0. The van der Waals surface area contributed by atoms with Gasteiger partial charge in [-0.15, -0.1) is 0 Å². The second-order valence-electron chi connectivity index (χ2n) is 7.31. The van der Waals surface area contributed by atoms with E-state index < -0.39 is 0 Å². The van der Waals surface area contributed by atoms with Crippen molar-refractivity contribution < 1.29 is 19.0 Å². The molecule has 1 heterocycles. The largest absolute Gasteiger partial charge is 0.497 e. The maximum atomic E-state index is 11.8. The molecule has 152 valence electrons. The lowest BCUT2D eigenvalue weighted by molar-refractivity contribution is 0.133. The zero-order chi connectivity index (χ0) is 20.7. The van der Waals surface area contributed by atoms with Crippen molar-refractivity contribution >= 4 is 6.03 Å². The lowest BCUT2D eigenvalue weighted by Crippen LogP contribution is -2.35. The van der Waals surface area contributed by atoms with Crippen molar-refractivity contribution in [3.8, 4) is 29.1 Å². The Balaban J connectivity index is 1.37. The number of amides is 2. The normalized spacial score (nSPS) is 13.3. The highest BCUT2D eigenvalue weighted by Crippen LogP contribution is 2.41. The third kappa shape index (κ3) is 5.82. The van der Waals surface area contributed by atoms with Crippen LogP contribution in [0.3, 0.4) is 0 Å². The summed E-state index contributed by atoms with van der Waals surface area (Å²) >= 11 is 0. The molecule has 29 heavy (non-hydrogen) atoms. The van der Waals surface area contributed by atoms with Gasteiger partial charge in [0.2, 0.25) is 0 Å². The van der Waals surface area contributed by atoms with Crippen LogP contribution in [0.15, 0.2) is 42.5 Å². The van der Waals surface area contributed by atoms with Crippen molar-refractivity contribution in [1.82, 2.24) is 10.6 Å². The van der Waals surface area contributed by atoms with Gasteiger partial charge in [-0.05, 0) is 37.6 Å². The summed E-state index contributed by atoms with van der Waals surface area (Å²) in [6, 6.07) is 13.1. The van der Waals surface area contributed by atoms with Crippen LogP contribution in [-0.4, -0.2) is 31.9 Å². The fraction of sp³-hybridized carbons (Fsp3) is 0.348. The molecule has 6 nitrogen and oxygen atoms in total. The predicted octanol–water partition coefficient (Wildman–Crippen LogP) is 3.29. The van der Waals surface area contributed by atoms with Crippen molar-refractivity contribution in [2.75, 3.05) is 20.3 Å². The average Bonchev–Trinajstić information content (AvgIpc) is 3.04. The molecule has 0 saturated heterocycles. The Kier molecular flexibility index (Phi) is 6.50. The van der Waals surface area contributed by atoms with Crippen LogP contribution in [-0.2, 0) is 13.0 Å². The van der Waals surface area contributed by atoms with Crippen molar-refractivity contribution in [1.29, 1.82) is 0 Å². The number of nitrogens with one attached hydrogen (secondary N) is 2. The van der Waals surface area contributed by atoms with Crippen LogP contribution in [0.5, 0.6) is 17.2 Å². The molecular weight excluding hydrogens is 368 g/mol. The molecule has 2 amide bonds. The molecule has 0 fully saturated rings. The van der Waals surface area contributed by atoms with Gasteiger partial charge in [0.05, 0.1) is 13.7 Å². The quantitative estimate of drug-likeness (QED) is 0.738. The van der Waals surface area contributed by atoms with Gasteiger partial charge >= 0.3 is 6.03 Å². The lowest BCUT2D eigenvalue weighted by atomic mass is 10.0. The zero-order valence-corrected chi connectivity index (χ0v) is 17.0. The van der Waals surface area contributed by atoms with Crippen molar-refractivity contribution in [3.63, 3.8) is 0 Å². The Morgan fingerprint density at radius 2 is 1.93 bits per heavy atom. The molecule has 2 N–H and O–H groups in total. The molecule has 0 bridgehead atoms. The fourth-order valence-corrected chi connectivity index (χ4v) is 3.04. The van der Waals surface area contributed by atoms with Crippen LogP contribution in [0.4, 0.5) is 4.79 Å². The molecule has 0 unspecified atom stereocenters. The predicted molar refractivity (Wildman–Crippen MR) is 111 cm³/mol. The number of carbonyl (C=O) groups is 1. The minimum atomic E-state index is -0.271. The van der Waals surface area contributed by atoms with E-state index in [1.54, 1.807) is 7.11 Å². The number of fused-ring (bicyclic) bond motifs is 1. The van der Waals surface area contributed by atoms with E-state index in [0.717, 1.165) is 29.0 Å². The van der Waals surface area contributed by atoms with Crippen LogP contribution in [0.2, 0.25) is 0 Å². The summed E-state index contributed by atoms with van der Waals surface area (Å²) in [4.78, 5) is 11.8. The number of hydrogen-bond donors (Lipinski definition) is 2. The molecule has 3 rings (SSSR count). The third-order valence-electron chi connectivity index (χ3n) is 4.43. The first-order valence-electron chi connectivity index (χ1n) is 9.51. The van der Waals surface area contributed by atoms with E-state index in [1.807, 2.05) is 36.4 Å². The van der Waals surface area contributed by atoms with E-state index in [0.29, 0.717) is 12.3 Å². The number of urea groups is 1. The third-order valence-corrected chi connectivity index (χ3v) is 4.43. The fourth-order valence-electron chi connectivity index (χ4n) is 3.04. The van der Waals surface area contributed by atoms with Crippen LogP contribution < -0.4 is 24.8 Å². The highest BCUT2D eigenvalue weighted by atomic mass is 16.5. The first-order chi connectivity index (χ1) is 14.0. The topological polar surface area (TPSA) is 68.8 Å². The Labute approximate surface area is 171 Å². The maximum absolute atomic E-state index is 11.8. The van der Waals surface area contributed by atoms with E-state index in [9.17, 15) is 4.79 Å². The second-order valence-corrected chi connectivity index (χ2v) is 7.31. The molecule has 0 atom stereocenters. The molecule has 0 aliphatic carbocycles. The van der Waals surface area contributed by atoms with Gasteiger partial charge in [-0.3, -0.25) is 0 Å². The second kappa shape index (κ2) is 9.24. The van der Waals surface area contributed by atoms with E-state index in [1.165, 1.54) is 0 Å². The number of methoxy groups -OCH3 is 1. The van der Waals surface area contributed by atoms with Crippen LogP contribution >= 0.6 is 0 Å². The molecule has 0 radical (unpaired) electrons. The summed E-state index contributed by atoms with van der Waals surface area (Å²) in [5.41, 5.74) is 1.92. The van der Waals surface area contributed by atoms with Gasteiger partial charge in [0.25, 0.3) is 0 Å². The van der Waals surface area contributed by atoms with Gasteiger partial charge < -0.3 is 24.8 Å². The van der Waals surface area contributed by atoms with Crippen LogP contribution in [0.1, 0.15) is 25.0 Å². The summed E-state index contributed by atoms with van der Waals surface area (Å²) in [6.07, 6.45) is 0.862. The van der Waals surface area contributed by atoms with E-state index in [2.05, 4.69) is 42.4 Å². The molecular formula is C23H26N2O4. The first kappa shape index (κ1) is 20.4. The van der Waals surface area contributed by atoms with Gasteiger partial charge in [0.15, 0.2) is 11.5 Å². The molecule has 6 heteroatoms. The van der Waals surface area contributed by atoms with Gasteiger partial charge in [-0.2, -0.15) is 0 Å². The molecule has 1 aliphatic heterocycles. The Bertz CT molecular complexity index is 911. The SMILES string of the molecule is COc1ccc(CNC(=O)NCC#CCOc2cccc3c2OC(C)(C)C3)cc1. The van der Waals surface area contributed by atoms with Crippen molar-refractivity contribution in [2.45, 2.75) is 32.4 Å². The highest BCUT2D eigenvalue weighted by Gasteiger charge is 2.32. The standard InChI is InChI=1S/C23H26N2O4/c1-23(2)15-18-7-6-8-20(21(18)29-23)28-14-5-4-13-24-22(26)25-16-17-9-11-19(27-3)12-10-17/h6-12H,13-16H2,1-3H3,(H2,24,25,26). The number of ether oxygens (including phenoxy) is 3. The van der Waals surface area contributed by atoms with Crippen molar-refractivity contribution in [2.24, 2.45) is 0 Å². The molecule has 2 aromatic carbocycles. The maximum Gasteiger partial charge on any atom is 0.315 e. The molecule has 0 saturated carbocycles. The molecule has 2 aromatic rings. The van der Waals surface area contributed by atoms with E-state index in [4.69, 9.17) is 14.2 Å². The minimum absolute atomic E-state index is 0.212. The van der Waals surface area contributed by atoms with Crippen LogP contribution in [0, 0.1) is 11.8 Å². The first-order valence-corrected chi connectivity index (χ1v) is 9.51. The minimum Gasteiger partial charge on any atom is -0.497 e. The lowest BCUT2D eigenvalue weighted by Gasteiger charge is -2.17. The molecule has 1 aliphatic rings. The Hall–Kier alpha value is -3.33. The highest BCUT2D eigenvalue weighted by molar-refractivity contribution is 5.74. The van der Waals surface area contributed by atoms with E-state index in [-0.39, 0.29) is 24.8 Å². The number of para-hydroxylation sites is 1. The van der Waals surface area contributed by atoms with Gasteiger partial charge in [0, 0.05) is 18.5 Å². The van der Waals surface area contributed by atoms with Crippen LogP contribution in [0.25, 0.3) is 0 Å². The number of hydrogen-bond acceptors (Lipinski definition) is 4. The Morgan fingerprint density at radius 1 is 1.14 bits per heavy atom. The number of carbonyl (C=O) groups excluding carboxylic acids is 1. The summed E-state index contributed by atoms with van der Waals surface area (Å²) in [7, 11) is 1.62. The van der Waals surface area contributed by atoms with Gasteiger partial charge in [-0.1, -0.05) is 36.1 Å². The Morgan fingerprint density at radius 3 is 2.69 bits per heavy atom.